The predicted octanol–water partition coefficient (Wildman–Crippen LogP) is 3.41. The summed E-state index contributed by atoms with van der Waals surface area (Å²) >= 11 is 1.53. The molecule has 1 saturated heterocycles. The highest BCUT2D eigenvalue weighted by Crippen LogP contribution is 2.28. The number of hydrogen-bond acceptors (Lipinski definition) is 5. The maximum atomic E-state index is 12.5. The molecule has 0 bridgehead atoms. The van der Waals surface area contributed by atoms with E-state index in [0.29, 0.717) is 0 Å². The molecule has 22 heavy (non-hydrogen) atoms. The highest BCUT2D eigenvalue weighted by molar-refractivity contribution is 7.12. The standard InChI is InChI=1S/C16H21N3O2S/c1-3-4-13-17-15(21-18-13)12-5-8-19(9-6-12)16(20)14-11(2)7-10-22-14/h7,10,12H,3-6,8-9H2,1-2H3. The van der Waals surface area contributed by atoms with Crippen LogP contribution >= 0.6 is 11.3 Å². The molecular weight excluding hydrogens is 298 g/mol. The van der Waals surface area contributed by atoms with Crippen LogP contribution in [0.2, 0.25) is 0 Å². The van der Waals surface area contributed by atoms with Crippen molar-refractivity contribution in [2.24, 2.45) is 0 Å². The summed E-state index contributed by atoms with van der Waals surface area (Å²) in [7, 11) is 0. The number of aryl methyl sites for hydroxylation is 2. The van der Waals surface area contributed by atoms with E-state index >= 15 is 0 Å². The van der Waals surface area contributed by atoms with Gasteiger partial charge in [0.2, 0.25) is 5.89 Å². The van der Waals surface area contributed by atoms with Gasteiger partial charge in [0.1, 0.15) is 0 Å². The third kappa shape index (κ3) is 3.06. The average molecular weight is 319 g/mol. The van der Waals surface area contributed by atoms with Crippen molar-refractivity contribution in [3.05, 3.63) is 33.6 Å². The highest BCUT2D eigenvalue weighted by Gasteiger charge is 2.28. The first-order chi connectivity index (χ1) is 10.7. The zero-order chi connectivity index (χ0) is 15.5. The van der Waals surface area contributed by atoms with Gasteiger partial charge in [0, 0.05) is 25.4 Å². The zero-order valence-electron chi connectivity index (χ0n) is 13.0. The summed E-state index contributed by atoms with van der Waals surface area (Å²) in [6.07, 6.45) is 3.67. The van der Waals surface area contributed by atoms with Crippen molar-refractivity contribution in [2.45, 2.75) is 45.4 Å². The van der Waals surface area contributed by atoms with Crippen LogP contribution in [0.1, 0.15) is 59.1 Å². The van der Waals surface area contributed by atoms with Gasteiger partial charge in [0.25, 0.3) is 5.91 Å². The molecule has 0 spiro atoms. The molecule has 0 N–H and O–H groups in total. The van der Waals surface area contributed by atoms with Gasteiger partial charge in [-0.15, -0.1) is 11.3 Å². The maximum absolute atomic E-state index is 12.5. The lowest BCUT2D eigenvalue weighted by Gasteiger charge is -2.30. The zero-order valence-corrected chi connectivity index (χ0v) is 13.9. The first kappa shape index (κ1) is 15.2. The van der Waals surface area contributed by atoms with Gasteiger partial charge >= 0.3 is 0 Å². The number of aromatic nitrogens is 2. The van der Waals surface area contributed by atoms with E-state index in [0.717, 1.165) is 60.9 Å². The van der Waals surface area contributed by atoms with Crippen LogP contribution in [0.4, 0.5) is 0 Å². The molecule has 5 nitrogen and oxygen atoms in total. The van der Waals surface area contributed by atoms with Crippen LogP contribution in [0, 0.1) is 6.92 Å². The van der Waals surface area contributed by atoms with Crippen LogP contribution in [0.5, 0.6) is 0 Å². The number of carbonyl (C=O) groups is 1. The minimum absolute atomic E-state index is 0.156. The van der Waals surface area contributed by atoms with E-state index in [1.807, 2.05) is 23.3 Å². The first-order valence-electron chi connectivity index (χ1n) is 7.85. The summed E-state index contributed by atoms with van der Waals surface area (Å²) in [6, 6.07) is 2.00. The molecule has 6 heteroatoms. The second-order valence-electron chi connectivity index (χ2n) is 5.80. The molecule has 0 saturated carbocycles. The van der Waals surface area contributed by atoms with E-state index in [4.69, 9.17) is 4.52 Å². The first-order valence-corrected chi connectivity index (χ1v) is 8.73. The van der Waals surface area contributed by atoms with Gasteiger partial charge in [0.15, 0.2) is 5.82 Å². The Hall–Kier alpha value is -1.69. The van der Waals surface area contributed by atoms with Crippen molar-refractivity contribution < 1.29 is 9.32 Å². The molecule has 0 atom stereocenters. The SMILES string of the molecule is CCCc1noc(C2CCN(C(=O)c3sccc3C)CC2)n1. The van der Waals surface area contributed by atoms with Gasteiger partial charge in [-0.3, -0.25) is 4.79 Å². The summed E-state index contributed by atoms with van der Waals surface area (Å²) < 4.78 is 5.38. The fourth-order valence-electron chi connectivity index (χ4n) is 2.82. The third-order valence-electron chi connectivity index (χ3n) is 4.15. The molecule has 2 aromatic rings. The fourth-order valence-corrected chi connectivity index (χ4v) is 3.72. The van der Waals surface area contributed by atoms with E-state index < -0.39 is 0 Å². The van der Waals surface area contributed by atoms with E-state index in [1.54, 1.807) is 0 Å². The molecule has 2 aromatic heterocycles. The Morgan fingerprint density at radius 1 is 1.45 bits per heavy atom. The van der Waals surface area contributed by atoms with Crippen molar-refractivity contribution in [3.63, 3.8) is 0 Å². The topological polar surface area (TPSA) is 59.2 Å². The van der Waals surface area contributed by atoms with Crippen LogP contribution in [0.25, 0.3) is 0 Å². The Labute approximate surface area is 134 Å². The molecule has 1 amide bonds. The second kappa shape index (κ2) is 6.60. The third-order valence-corrected chi connectivity index (χ3v) is 5.15. The minimum Gasteiger partial charge on any atom is -0.339 e. The number of nitrogens with zero attached hydrogens (tertiary/aromatic N) is 3. The largest absolute Gasteiger partial charge is 0.339 e. The van der Waals surface area contributed by atoms with Gasteiger partial charge in [0.05, 0.1) is 4.88 Å². The maximum Gasteiger partial charge on any atom is 0.264 e. The van der Waals surface area contributed by atoms with Crippen LogP contribution in [0.3, 0.4) is 0 Å². The predicted molar refractivity (Wildman–Crippen MR) is 85.2 cm³/mol. The Kier molecular flexibility index (Phi) is 4.57. The molecule has 3 heterocycles. The minimum atomic E-state index is 0.156. The Morgan fingerprint density at radius 3 is 2.86 bits per heavy atom. The van der Waals surface area contributed by atoms with E-state index in [2.05, 4.69) is 17.1 Å². The normalized spacial score (nSPS) is 16.2. The summed E-state index contributed by atoms with van der Waals surface area (Å²) in [4.78, 5) is 19.8. The van der Waals surface area contributed by atoms with Gasteiger partial charge in [-0.2, -0.15) is 4.98 Å². The molecule has 1 aliphatic heterocycles. The number of amides is 1. The van der Waals surface area contributed by atoms with Gasteiger partial charge < -0.3 is 9.42 Å². The number of hydrogen-bond donors (Lipinski definition) is 0. The Morgan fingerprint density at radius 2 is 2.23 bits per heavy atom. The lowest BCUT2D eigenvalue weighted by Crippen LogP contribution is -2.37. The smallest absolute Gasteiger partial charge is 0.264 e. The van der Waals surface area contributed by atoms with Gasteiger partial charge in [-0.25, -0.2) is 0 Å². The number of piperidine rings is 1. The van der Waals surface area contributed by atoms with Crippen LogP contribution in [-0.2, 0) is 6.42 Å². The van der Waals surface area contributed by atoms with Gasteiger partial charge in [-0.05, 0) is 43.2 Å². The van der Waals surface area contributed by atoms with E-state index in [9.17, 15) is 4.79 Å². The molecule has 0 aromatic carbocycles. The van der Waals surface area contributed by atoms with Crippen LogP contribution in [0.15, 0.2) is 16.0 Å². The van der Waals surface area contributed by atoms with Gasteiger partial charge in [-0.1, -0.05) is 12.1 Å². The summed E-state index contributed by atoms with van der Waals surface area (Å²) in [6.45, 7) is 5.61. The molecule has 3 rings (SSSR count). The lowest BCUT2D eigenvalue weighted by molar-refractivity contribution is 0.0709. The lowest BCUT2D eigenvalue weighted by atomic mass is 9.96. The molecule has 0 aliphatic carbocycles. The monoisotopic (exact) mass is 319 g/mol. The van der Waals surface area contributed by atoms with Crippen molar-refractivity contribution in [1.82, 2.24) is 15.0 Å². The number of carbonyl (C=O) groups excluding carboxylic acids is 1. The summed E-state index contributed by atoms with van der Waals surface area (Å²) in [5.74, 6) is 1.97. The van der Waals surface area contributed by atoms with E-state index in [1.165, 1.54) is 11.3 Å². The summed E-state index contributed by atoms with van der Waals surface area (Å²) in [5.41, 5.74) is 1.07. The summed E-state index contributed by atoms with van der Waals surface area (Å²) in [5, 5.41) is 6.00. The Bertz CT molecular complexity index is 641. The van der Waals surface area contributed by atoms with Crippen molar-refractivity contribution in [1.29, 1.82) is 0 Å². The second-order valence-corrected chi connectivity index (χ2v) is 6.71. The van der Waals surface area contributed by atoms with Crippen molar-refractivity contribution in [3.8, 4) is 0 Å². The number of likely N-dealkylation sites (tertiary alicyclic amines) is 1. The Balaban J connectivity index is 1.60. The molecular formula is C16H21N3O2S. The number of rotatable bonds is 4. The van der Waals surface area contributed by atoms with E-state index in [-0.39, 0.29) is 11.8 Å². The van der Waals surface area contributed by atoms with Crippen LogP contribution in [-0.4, -0.2) is 34.0 Å². The van der Waals surface area contributed by atoms with Crippen LogP contribution < -0.4 is 0 Å². The molecule has 1 aliphatic rings. The molecule has 1 fully saturated rings. The quantitative estimate of drug-likeness (QED) is 0.866. The molecule has 0 unspecified atom stereocenters. The van der Waals surface area contributed by atoms with Crippen molar-refractivity contribution in [2.75, 3.05) is 13.1 Å². The molecule has 0 radical (unpaired) electrons. The highest BCUT2D eigenvalue weighted by atomic mass is 32.1. The van der Waals surface area contributed by atoms with Crippen molar-refractivity contribution >= 4 is 17.2 Å². The number of thiophene rings is 1. The fraction of sp³-hybridized carbons (Fsp3) is 0.562. The average Bonchev–Trinajstić information content (AvgIpc) is 3.16. The molecule has 118 valence electrons.